The molecule has 3 heterocycles. The summed E-state index contributed by atoms with van der Waals surface area (Å²) < 4.78 is 22.4. The van der Waals surface area contributed by atoms with Crippen molar-refractivity contribution >= 4 is 17.1 Å². The van der Waals surface area contributed by atoms with Crippen LogP contribution in [-0.4, -0.2) is 45.9 Å². The van der Waals surface area contributed by atoms with Crippen molar-refractivity contribution in [2.24, 2.45) is 0 Å². The largest absolute Gasteiger partial charge is 0.451 e. The molecule has 8 nitrogen and oxygen atoms in total. The van der Waals surface area contributed by atoms with Gasteiger partial charge in [0, 0.05) is 18.5 Å². The molecule has 2 aromatic heterocycles. The van der Waals surface area contributed by atoms with Crippen LogP contribution in [0, 0.1) is 0 Å². The summed E-state index contributed by atoms with van der Waals surface area (Å²) in [4.78, 5) is 18.2. The highest BCUT2D eigenvalue weighted by Crippen LogP contribution is 2.26. The third kappa shape index (κ3) is 4.76. The van der Waals surface area contributed by atoms with Crippen molar-refractivity contribution in [1.82, 2.24) is 15.0 Å². The Hall–Kier alpha value is -2.87. The maximum absolute atomic E-state index is 12.1. The number of piperidine rings is 1. The number of nitrogens with zero attached hydrogens (tertiary/aromatic N) is 3. The molecule has 0 aliphatic carbocycles. The van der Waals surface area contributed by atoms with Crippen molar-refractivity contribution < 1.29 is 23.2 Å². The summed E-state index contributed by atoms with van der Waals surface area (Å²) in [5.41, 5.74) is 0.288. The van der Waals surface area contributed by atoms with E-state index < -0.39 is 5.60 Å². The summed E-state index contributed by atoms with van der Waals surface area (Å²) in [6.07, 6.45) is 1.26. The predicted octanol–water partition coefficient (Wildman–Crippen LogP) is 4.40. The molecular weight excluding hydrogens is 374 g/mol. The lowest BCUT2D eigenvalue weighted by atomic mass is 10.1. The normalized spacial score (nSPS) is 15.8. The molecule has 154 valence electrons. The van der Waals surface area contributed by atoms with Crippen LogP contribution in [0.3, 0.4) is 0 Å². The van der Waals surface area contributed by atoms with E-state index in [1.165, 1.54) is 0 Å². The molecule has 0 radical (unpaired) electrons. The fourth-order valence-corrected chi connectivity index (χ4v) is 3.22. The zero-order chi connectivity index (χ0) is 20.4. The monoisotopic (exact) mass is 399 g/mol. The second-order valence-corrected chi connectivity index (χ2v) is 8.14. The molecule has 0 atom stereocenters. The minimum absolute atomic E-state index is 0.0434. The van der Waals surface area contributed by atoms with Crippen molar-refractivity contribution in [3.8, 4) is 11.7 Å². The fraction of sp³-hybridized carbons (Fsp3) is 0.476. The molecule has 4 rings (SSSR count). The lowest BCUT2D eigenvalue weighted by Crippen LogP contribution is -2.43. The summed E-state index contributed by atoms with van der Waals surface area (Å²) in [6, 6.07) is 9.59. The summed E-state index contributed by atoms with van der Waals surface area (Å²) >= 11 is 0. The van der Waals surface area contributed by atoms with E-state index in [1.807, 2.05) is 51.1 Å². The first-order valence-electron chi connectivity index (χ1n) is 9.78. The number of furan rings is 1. The number of rotatable bonds is 4. The number of hydrogen-bond donors (Lipinski definition) is 0. The molecule has 0 N–H and O–H groups in total. The van der Waals surface area contributed by atoms with E-state index >= 15 is 0 Å². The van der Waals surface area contributed by atoms with Gasteiger partial charge in [0.05, 0.1) is 6.10 Å². The minimum Gasteiger partial charge on any atom is -0.451 e. The van der Waals surface area contributed by atoms with E-state index in [1.54, 1.807) is 4.90 Å². The summed E-state index contributed by atoms with van der Waals surface area (Å²) in [6.45, 7) is 7.06. The van der Waals surface area contributed by atoms with Crippen LogP contribution in [0.25, 0.3) is 22.6 Å². The van der Waals surface area contributed by atoms with Crippen LogP contribution in [0.5, 0.6) is 0 Å². The van der Waals surface area contributed by atoms with Crippen molar-refractivity contribution in [3.63, 3.8) is 0 Å². The maximum Gasteiger partial charge on any atom is 0.410 e. The summed E-state index contributed by atoms with van der Waals surface area (Å²) in [7, 11) is 0. The molecule has 0 spiro atoms. The third-order valence-electron chi connectivity index (χ3n) is 4.65. The van der Waals surface area contributed by atoms with E-state index in [0.717, 1.165) is 23.8 Å². The van der Waals surface area contributed by atoms with Gasteiger partial charge in [0.2, 0.25) is 0 Å². The summed E-state index contributed by atoms with van der Waals surface area (Å²) in [5.74, 6) is 1.34. The van der Waals surface area contributed by atoms with Gasteiger partial charge in [-0.2, -0.15) is 4.98 Å². The van der Waals surface area contributed by atoms with E-state index in [9.17, 15) is 4.79 Å². The number of carbonyl (C=O) groups is 1. The molecule has 3 aromatic rings. The molecule has 29 heavy (non-hydrogen) atoms. The van der Waals surface area contributed by atoms with Gasteiger partial charge in [-0.25, -0.2) is 4.79 Å². The first-order valence-corrected chi connectivity index (χ1v) is 9.78. The van der Waals surface area contributed by atoms with Crippen molar-refractivity contribution in [1.29, 1.82) is 0 Å². The summed E-state index contributed by atoms with van der Waals surface area (Å²) in [5, 5.41) is 4.96. The van der Waals surface area contributed by atoms with E-state index in [0.29, 0.717) is 30.6 Å². The van der Waals surface area contributed by atoms with Crippen LogP contribution in [0.4, 0.5) is 4.79 Å². The van der Waals surface area contributed by atoms with Crippen molar-refractivity contribution in [2.45, 2.75) is 51.9 Å². The quantitative estimate of drug-likeness (QED) is 0.642. The number of likely N-dealkylation sites (tertiary alicyclic amines) is 1. The Morgan fingerprint density at radius 1 is 1.24 bits per heavy atom. The molecule has 0 unspecified atom stereocenters. The minimum atomic E-state index is -0.486. The van der Waals surface area contributed by atoms with Crippen LogP contribution < -0.4 is 0 Å². The average molecular weight is 399 g/mol. The van der Waals surface area contributed by atoms with Gasteiger partial charge >= 0.3 is 6.09 Å². The topological polar surface area (TPSA) is 90.8 Å². The molecule has 1 fully saturated rings. The molecule has 8 heteroatoms. The standard InChI is InChI=1S/C21H25N3O5/c1-21(2,3)28-20(25)24-10-8-15(9-11-24)26-13-18-22-19(29-23-18)17-12-14-6-4-5-7-16(14)27-17/h4-7,12,15H,8-11,13H2,1-3H3. The number of amides is 1. The Morgan fingerprint density at radius 3 is 2.72 bits per heavy atom. The molecule has 1 saturated heterocycles. The molecule has 0 saturated carbocycles. The highest BCUT2D eigenvalue weighted by molar-refractivity contribution is 5.81. The van der Waals surface area contributed by atoms with E-state index in [-0.39, 0.29) is 18.8 Å². The van der Waals surface area contributed by atoms with Gasteiger partial charge in [0.1, 0.15) is 17.8 Å². The van der Waals surface area contributed by atoms with Crippen LogP contribution in [-0.2, 0) is 16.1 Å². The second kappa shape index (κ2) is 7.87. The highest BCUT2D eigenvalue weighted by Gasteiger charge is 2.27. The van der Waals surface area contributed by atoms with Crippen LogP contribution in [0.15, 0.2) is 39.3 Å². The van der Waals surface area contributed by atoms with Crippen LogP contribution in [0.2, 0.25) is 0 Å². The SMILES string of the molecule is CC(C)(C)OC(=O)N1CCC(OCc2noc(-c3cc4ccccc4o3)n2)CC1. The number of ether oxygens (including phenoxy) is 2. The second-order valence-electron chi connectivity index (χ2n) is 8.14. The Labute approximate surface area is 168 Å². The number of carbonyl (C=O) groups excluding carboxylic acids is 1. The zero-order valence-electron chi connectivity index (χ0n) is 16.9. The first kappa shape index (κ1) is 19.4. The molecule has 1 aliphatic rings. The van der Waals surface area contributed by atoms with Gasteiger partial charge in [-0.15, -0.1) is 0 Å². The Bertz CT molecular complexity index is 947. The average Bonchev–Trinajstić information content (AvgIpc) is 3.32. The number of aromatic nitrogens is 2. The number of fused-ring (bicyclic) bond motifs is 1. The van der Waals surface area contributed by atoms with Gasteiger partial charge in [-0.3, -0.25) is 0 Å². The first-order chi connectivity index (χ1) is 13.9. The number of para-hydroxylation sites is 1. The smallest absolute Gasteiger partial charge is 0.410 e. The lowest BCUT2D eigenvalue weighted by molar-refractivity contribution is -0.0190. The molecular formula is C21H25N3O5. The van der Waals surface area contributed by atoms with Gasteiger partial charge in [-0.05, 0) is 45.7 Å². The number of benzene rings is 1. The van der Waals surface area contributed by atoms with E-state index in [2.05, 4.69) is 10.1 Å². The fourth-order valence-electron chi connectivity index (χ4n) is 3.22. The van der Waals surface area contributed by atoms with Gasteiger partial charge in [0.25, 0.3) is 5.89 Å². The Balaban J connectivity index is 1.28. The van der Waals surface area contributed by atoms with Crippen molar-refractivity contribution in [2.75, 3.05) is 13.1 Å². The molecule has 0 bridgehead atoms. The van der Waals surface area contributed by atoms with Crippen LogP contribution >= 0.6 is 0 Å². The van der Waals surface area contributed by atoms with Gasteiger partial charge < -0.3 is 23.3 Å². The van der Waals surface area contributed by atoms with Crippen LogP contribution in [0.1, 0.15) is 39.4 Å². The molecule has 1 amide bonds. The molecule has 1 aromatic carbocycles. The third-order valence-corrected chi connectivity index (χ3v) is 4.65. The van der Waals surface area contributed by atoms with E-state index in [4.69, 9.17) is 18.4 Å². The van der Waals surface area contributed by atoms with Gasteiger partial charge in [-0.1, -0.05) is 23.4 Å². The van der Waals surface area contributed by atoms with Crippen molar-refractivity contribution in [3.05, 3.63) is 36.2 Å². The Morgan fingerprint density at radius 2 is 2.00 bits per heavy atom. The molecule has 1 aliphatic heterocycles. The number of hydrogen-bond acceptors (Lipinski definition) is 7. The highest BCUT2D eigenvalue weighted by atomic mass is 16.6. The zero-order valence-corrected chi connectivity index (χ0v) is 16.9. The van der Waals surface area contributed by atoms with Gasteiger partial charge in [0.15, 0.2) is 11.6 Å². The lowest BCUT2D eigenvalue weighted by Gasteiger charge is -2.33. The predicted molar refractivity (Wildman–Crippen MR) is 105 cm³/mol. The Kier molecular flexibility index (Phi) is 5.27. The maximum atomic E-state index is 12.1.